The second-order valence-corrected chi connectivity index (χ2v) is 2.54. The van der Waals surface area contributed by atoms with Gasteiger partial charge in [0.05, 0.1) is 0 Å². The number of rotatable bonds is 2. The molecule has 0 aromatic heterocycles. The molecule has 5 N–H and O–H groups in total. The number of aryl methyl sites for hydroxylation is 1. The Hall–Kier alpha value is -1.06. The second-order valence-electron chi connectivity index (χ2n) is 2.54. The van der Waals surface area contributed by atoms with E-state index >= 15 is 0 Å². The first-order valence-electron chi connectivity index (χ1n) is 3.53. The molecule has 11 heavy (non-hydrogen) atoms. The number of hydrogen-bond donors (Lipinski definition) is 3. The highest BCUT2D eigenvalue weighted by Gasteiger charge is 1.92. The van der Waals surface area contributed by atoms with Crippen LogP contribution >= 0.6 is 0 Å². The zero-order chi connectivity index (χ0) is 8.27. The van der Waals surface area contributed by atoms with Crippen LogP contribution in [0.2, 0.25) is 0 Å². The SMILES string of the molecule is Cc1ccc(NC(N)N)cc1. The fourth-order valence-electron chi connectivity index (χ4n) is 0.842. The Kier molecular flexibility index (Phi) is 2.46. The summed E-state index contributed by atoms with van der Waals surface area (Å²) in [4.78, 5) is 0. The van der Waals surface area contributed by atoms with Crippen LogP contribution in [0.1, 0.15) is 5.56 Å². The first-order chi connectivity index (χ1) is 5.18. The molecule has 0 saturated carbocycles. The zero-order valence-electron chi connectivity index (χ0n) is 6.54. The van der Waals surface area contributed by atoms with Crippen LogP contribution in [0.5, 0.6) is 0 Å². The molecule has 0 heterocycles. The summed E-state index contributed by atoms with van der Waals surface area (Å²) in [5.74, 6) is 0. The van der Waals surface area contributed by atoms with Gasteiger partial charge in [-0.15, -0.1) is 0 Å². The van der Waals surface area contributed by atoms with Gasteiger partial charge in [-0.05, 0) is 19.1 Å². The maximum absolute atomic E-state index is 5.33. The summed E-state index contributed by atoms with van der Waals surface area (Å²) >= 11 is 0. The van der Waals surface area contributed by atoms with Crippen LogP contribution in [0.3, 0.4) is 0 Å². The number of nitrogens with one attached hydrogen (secondary N) is 1. The van der Waals surface area contributed by atoms with Gasteiger partial charge in [-0.25, -0.2) is 0 Å². The van der Waals surface area contributed by atoms with E-state index in [-0.39, 0.29) is 0 Å². The van der Waals surface area contributed by atoms with Crippen LogP contribution in [0.25, 0.3) is 0 Å². The molecule has 0 aliphatic carbocycles. The number of anilines is 1. The Morgan fingerprint density at radius 1 is 1.18 bits per heavy atom. The third-order valence-corrected chi connectivity index (χ3v) is 1.38. The van der Waals surface area contributed by atoms with Gasteiger partial charge in [0, 0.05) is 5.69 Å². The van der Waals surface area contributed by atoms with Crippen molar-refractivity contribution in [2.45, 2.75) is 13.2 Å². The lowest BCUT2D eigenvalue weighted by molar-refractivity contribution is 0.808. The van der Waals surface area contributed by atoms with Gasteiger partial charge in [0.2, 0.25) is 0 Å². The minimum absolute atomic E-state index is 0.488. The van der Waals surface area contributed by atoms with Gasteiger partial charge in [-0.3, -0.25) is 11.5 Å². The molecule has 0 spiro atoms. The lowest BCUT2D eigenvalue weighted by Gasteiger charge is -2.09. The molecular formula is C8H13N3. The molecule has 1 aromatic rings. The molecule has 0 amide bonds. The van der Waals surface area contributed by atoms with Gasteiger partial charge in [-0.1, -0.05) is 17.7 Å². The maximum atomic E-state index is 5.33. The lowest BCUT2D eigenvalue weighted by Crippen LogP contribution is -2.38. The molecule has 0 saturated heterocycles. The molecule has 0 unspecified atom stereocenters. The third kappa shape index (κ3) is 2.57. The van der Waals surface area contributed by atoms with Crippen molar-refractivity contribution >= 4 is 5.69 Å². The van der Waals surface area contributed by atoms with Crippen molar-refractivity contribution in [3.63, 3.8) is 0 Å². The molecule has 3 nitrogen and oxygen atoms in total. The summed E-state index contributed by atoms with van der Waals surface area (Å²) in [6.07, 6.45) is -0.488. The van der Waals surface area contributed by atoms with E-state index < -0.39 is 6.29 Å². The fraction of sp³-hybridized carbons (Fsp3) is 0.250. The topological polar surface area (TPSA) is 64.1 Å². The Morgan fingerprint density at radius 2 is 1.73 bits per heavy atom. The number of benzene rings is 1. The highest BCUT2D eigenvalue weighted by atomic mass is 15.1. The molecule has 0 aliphatic rings. The normalized spacial score (nSPS) is 10.2. The molecule has 60 valence electrons. The van der Waals surface area contributed by atoms with E-state index in [0.29, 0.717) is 0 Å². The van der Waals surface area contributed by atoms with Crippen molar-refractivity contribution < 1.29 is 0 Å². The van der Waals surface area contributed by atoms with Crippen LogP contribution < -0.4 is 16.8 Å². The van der Waals surface area contributed by atoms with E-state index in [1.165, 1.54) is 5.56 Å². The van der Waals surface area contributed by atoms with Crippen molar-refractivity contribution in [3.8, 4) is 0 Å². The standard InChI is InChI=1S/C8H13N3/c1-6-2-4-7(5-3-6)11-8(9)10/h2-5,8,11H,9-10H2,1H3. The average Bonchev–Trinajstić information content (AvgIpc) is 1.93. The molecule has 0 atom stereocenters. The first kappa shape index (κ1) is 8.04. The van der Waals surface area contributed by atoms with Crippen molar-refractivity contribution in [1.82, 2.24) is 0 Å². The molecule has 0 fully saturated rings. The van der Waals surface area contributed by atoms with Crippen molar-refractivity contribution in [3.05, 3.63) is 29.8 Å². The maximum Gasteiger partial charge on any atom is 0.127 e. The third-order valence-electron chi connectivity index (χ3n) is 1.38. The Balaban J connectivity index is 2.66. The summed E-state index contributed by atoms with van der Waals surface area (Å²) in [5.41, 5.74) is 12.8. The lowest BCUT2D eigenvalue weighted by atomic mass is 10.2. The van der Waals surface area contributed by atoms with E-state index in [1.807, 2.05) is 31.2 Å². The first-order valence-corrected chi connectivity index (χ1v) is 3.53. The van der Waals surface area contributed by atoms with Crippen LogP contribution in [-0.2, 0) is 0 Å². The van der Waals surface area contributed by atoms with Crippen LogP contribution in [0.15, 0.2) is 24.3 Å². The molecule has 0 aliphatic heterocycles. The van der Waals surface area contributed by atoms with E-state index in [9.17, 15) is 0 Å². The highest BCUT2D eigenvalue weighted by molar-refractivity contribution is 5.44. The van der Waals surface area contributed by atoms with E-state index in [2.05, 4.69) is 5.32 Å². The minimum atomic E-state index is -0.488. The zero-order valence-corrected chi connectivity index (χ0v) is 6.54. The molecular weight excluding hydrogens is 138 g/mol. The van der Waals surface area contributed by atoms with Gasteiger partial charge in [0.1, 0.15) is 6.29 Å². The Labute approximate surface area is 66.4 Å². The second kappa shape index (κ2) is 3.37. The van der Waals surface area contributed by atoms with Crippen LogP contribution in [0.4, 0.5) is 5.69 Å². The van der Waals surface area contributed by atoms with Crippen LogP contribution in [0, 0.1) is 6.92 Å². The van der Waals surface area contributed by atoms with Gasteiger partial charge >= 0.3 is 0 Å². The molecule has 3 heteroatoms. The fourth-order valence-corrected chi connectivity index (χ4v) is 0.842. The Morgan fingerprint density at radius 3 is 2.18 bits per heavy atom. The molecule has 0 bridgehead atoms. The molecule has 0 radical (unpaired) electrons. The smallest absolute Gasteiger partial charge is 0.127 e. The quantitative estimate of drug-likeness (QED) is 0.542. The highest BCUT2D eigenvalue weighted by Crippen LogP contribution is 2.07. The summed E-state index contributed by atoms with van der Waals surface area (Å²) in [6.45, 7) is 2.03. The minimum Gasteiger partial charge on any atom is -0.358 e. The summed E-state index contributed by atoms with van der Waals surface area (Å²) < 4.78 is 0. The predicted octanol–water partition coefficient (Wildman–Crippen LogP) is 0.608. The van der Waals surface area contributed by atoms with Crippen molar-refractivity contribution in [2.24, 2.45) is 11.5 Å². The summed E-state index contributed by atoms with van der Waals surface area (Å²) in [7, 11) is 0. The summed E-state index contributed by atoms with van der Waals surface area (Å²) in [6, 6.07) is 7.90. The Bertz CT molecular complexity index is 215. The predicted molar refractivity (Wildman–Crippen MR) is 47.0 cm³/mol. The van der Waals surface area contributed by atoms with Crippen LogP contribution in [-0.4, -0.2) is 6.29 Å². The number of hydrogen-bond acceptors (Lipinski definition) is 3. The van der Waals surface area contributed by atoms with Gasteiger partial charge in [-0.2, -0.15) is 0 Å². The van der Waals surface area contributed by atoms with E-state index in [1.54, 1.807) is 0 Å². The van der Waals surface area contributed by atoms with Gasteiger partial charge in [0.25, 0.3) is 0 Å². The van der Waals surface area contributed by atoms with E-state index in [0.717, 1.165) is 5.69 Å². The number of nitrogens with two attached hydrogens (primary N) is 2. The van der Waals surface area contributed by atoms with Gasteiger partial charge in [0.15, 0.2) is 0 Å². The summed E-state index contributed by atoms with van der Waals surface area (Å²) in [5, 5.41) is 2.89. The molecule has 1 rings (SSSR count). The van der Waals surface area contributed by atoms with E-state index in [4.69, 9.17) is 11.5 Å². The van der Waals surface area contributed by atoms with Crippen molar-refractivity contribution in [2.75, 3.05) is 5.32 Å². The molecule has 1 aromatic carbocycles. The average molecular weight is 151 g/mol. The monoisotopic (exact) mass is 151 g/mol. The van der Waals surface area contributed by atoms with Gasteiger partial charge < -0.3 is 5.32 Å². The largest absolute Gasteiger partial charge is 0.358 e. The van der Waals surface area contributed by atoms with Crippen molar-refractivity contribution in [1.29, 1.82) is 0 Å².